The number of amides is 1. The Bertz CT molecular complexity index is 742. The van der Waals surface area contributed by atoms with Gasteiger partial charge in [0.1, 0.15) is 5.75 Å². The fourth-order valence-corrected chi connectivity index (χ4v) is 1.97. The second kappa shape index (κ2) is 9.83. The number of hydrogen-bond donors (Lipinski definition) is 1. The first-order chi connectivity index (χ1) is 12.6. The van der Waals surface area contributed by atoms with Gasteiger partial charge in [0.15, 0.2) is 13.2 Å². The van der Waals surface area contributed by atoms with Crippen LogP contribution in [0.25, 0.3) is 0 Å². The van der Waals surface area contributed by atoms with Gasteiger partial charge in [-0.05, 0) is 29.8 Å². The molecule has 0 saturated heterocycles. The van der Waals surface area contributed by atoms with Gasteiger partial charge in [-0.25, -0.2) is 9.59 Å². The minimum absolute atomic E-state index is 0.248. The summed E-state index contributed by atoms with van der Waals surface area (Å²) in [5, 5.41) is 2.62. The molecule has 0 spiro atoms. The van der Waals surface area contributed by atoms with Crippen LogP contribution in [0.1, 0.15) is 15.9 Å². The van der Waals surface area contributed by atoms with Crippen LogP contribution in [0.3, 0.4) is 0 Å². The summed E-state index contributed by atoms with van der Waals surface area (Å²) in [5.74, 6) is -0.948. The van der Waals surface area contributed by atoms with Crippen LogP contribution in [0.5, 0.6) is 5.75 Å². The van der Waals surface area contributed by atoms with Gasteiger partial charge in [-0.3, -0.25) is 4.79 Å². The maximum absolute atomic E-state index is 11.7. The van der Waals surface area contributed by atoms with E-state index < -0.39 is 24.5 Å². The number of methoxy groups -OCH3 is 1. The number of para-hydroxylation sites is 1. The molecule has 1 N–H and O–H groups in total. The number of hydrogen-bond acceptors (Lipinski definition) is 6. The van der Waals surface area contributed by atoms with Crippen molar-refractivity contribution in [3.05, 3.63) is 65.7 Å². The second-order valence-electron chi connectivity index (χ2n) is 5.23. The first-order valence-corrected chi connectivity index (χ1v) is 7.86. The van der Waals surface area contributed by atoms with Gasteiger partial charge in [0.05, 0.1) is 12.7 Å². The van der Waals surface area contributed by atoms with E-state index in [9.17, 15) is 14.4 Å². The Morgan fingerprint density at radius 1 is 0.923 bits per heavy atom. The summed E-state index contributed by atoms with van der Waals surface area (Å²) in [6, 6.07) is 15.4. The SMILES string of the molecule is COC(=O)c1ccc(CNC(=O)COC(=O)COc2ccccc2)cc1. The normalized spacial score (nSPS) is 9.88. The molecule has 0 aliphatic carbocycles. The predicted molar refractivity (Wildman–Crippen MR) is 92.5 cm³/mol. The molecule has 2 rings (SSSR count). The Hall–Kier alpha value is -3.35. The monoisotopic (exact) mass is 357 g/mol. The summed E-state index contributed by atoms with van der Waals surface area (Å²) in [4.78, 5) is 34.6. The molecule has 7 heteroatoms. The Morgan fingerprint density at radius 2 is 1.62 bits per heavy atom. The van der Waals surface area contributed by atoms with Gasteiger partial charge in [0.25, 0.3) is 5.91 Å². The maximum atomic E-state index is 11.7. The number of rotatable bonds is 8. The summed E-state index contributed by atoms with van der Waals surface area (Å²) < 4.78 is 14.7. The average molecular weight is 357 g/mol. The van der Waals surface area contributed by atoms with Gasteiger partial charge in [-0.1, -0.05) is 30.3 Å². The highest BCUT2D eigenvalue weighted by Crippen LogP contribution is 2.08. The molecule has 7 nitrogen and oxygen atoms in total. The van der Waals surface area contributed by atoms with E-state index in [1.54, 1.807) is 48.5 Å². The van der Waals surface area contributed by atoms with E-state index >= 15 is 0 Å². The number of carbonyl (C=O) groups is 3. The standard InChI is InChI=1S/C19H19NO6/c1-24-19(23)15-9-7-14(8-10-15)11-20-17(21)12-26-18(22)13-25-16-5-3-2-4-6-16/h2-10H,11-13H2,1H3,(H,20,21). The second-order valence-corrected chi connectivity index (χ2v) is 5.23. The van der Waals surface area contributed by atoms with Gasteiger partial charge < -0.3 is 19.5 Å². The third kappa shape index (κ3) is 6.27. The summed E-state index contributed by atoms with van der Waals surface area (Å²) in [6.07, 6.45) is 0. The van der Waals surface area contributed by atoms with Crippen LogP contribution in [0.15, 0.2) is 54.6 Å². The highest BCUT2D eigenvalue weighted by molar-refractivity contribution is 5.89. The summed E-state index contributed by atoms with van der Waals surface area (Å²) >= 11 is 0. The quantitative estimate of drug-likeness (QED) is 0.723. The molecular weight excluding hydrogens is 338 g/mol. The third-order valence-corrected chi connectivity index (χ3v) is 3.33. The molecule has 0 saturated carbocycles. The molecular formula is C19H19NO6. The van der Waals surface area contributed by atoms with Crippen LogP contribution in [0, 0.1) is 0 Å². The van der Waals surface area contributed by atoms with Crippen molar-refractivity contribution in [2.45, 2.75) is 6.54 Å². The molecule has 0 aromatic heterocycles. The zero-order chi connectivity index (χ0) is 18.8. The molecule has 0 bridgehead atoms. The number of ether oxygens (including phenoxy) is 3. The topological polar surface area (TPSA) is 90.9 Å². The molecule has 1 amide bonds. The van der Waals surface area contributed by atoms with Crippen molar-refractivity contribution in [2.75, 3.05) is 20.3 Å². The Morgan fingerprint density at radius 3 is 2.27 bits per heavy atom. The largest absolute Gasteiger partial charge is 0.482 e. The van der Waals surface area contributed by atoms with Crippen molar-refractivity contribution < 1.29 is 28.6 Å². The molecule has 26 heavy (non-hydrogen) atoms. The van der Waals surface area contributed by atoms with E-state index in [0.717, 1.165) is 5.56 Å². The third-order valence-electron chi connectivity index (χ3n) is 3.33. The minimum atomic E-state index is -0.633. The lowest BCUT2D eigenvalue weighted by molar-refractivity contribution is -0.150. The first kappa shape index (κ1) is 19.0. The molecule has 0 fully saturated rings. The molecule has 0 unspecified atom stereocenters. The smallest absolute Gasteiger partial charge is 0.344 e. The number of esters is 2. The zero-order valence-corrected chi connectivity index (χ0v) is 14.3. The lowest BCUT2D eigenvalue weighted by atomic mass is 10.1. The van der Waals surface area contributed by atoms with Gasteiger partial charge in [0, 0.05) is 6.54 Å². The highest BCUT2D eigenvalue weighted by Gasteiger charge is 2.09. The van der Waals surface area contributed by atoms with Gasteiger partial charge in [0.2, 0.25) is 0 Å². The zero-order valence-electron chi connectivity index (χ0n) is 14.3. The van der Waals surface area contributed by atoms with E-state index in [0.29, 0.717) is 11.3 Å². The van der Waals surface area contributed by atoms with Gasteiger partial charge in [-0.15, -0.1) is 0 Å². The molecule has 0 aliphatic rings. The van der Waals surface area contributed by atoms with Gasteiger partial charge >= 0.3 is 11.9 Å². The predicted octanol–water partition coefficient (Wildman–Crippen LogP) is 1.71. The Labute approximate surface area is 150 Å². The van der Waals surface area contributed by atoms with Crippen molar-refractivity contribution in [3.63, 3.8) is 0 Å². The van der Waals surface area contributed by atoms with E-state index in [-0.39, 0.29) is 13.2 Å². The van der Waals surface area contributed by atoms with Crippen LogP contribution in [0.4, 0.5) is 0 Å². The van der Waals surface area contributed by atoms with Gasteiger partial charge in [-0.2, -0.15) is 0 Å². The Kier molecular flexibility index (Phi) is 7.17. The van der Waals surface area contributed by atoms with Crippen LogP contribution in [-0.2, 0) is 25.6 Å². The molecule has 0 atom stereocenters. The molecule has 0 heterocycles. The van der Waals surface area contributed by atoms with Crippen LogP contribution < -0.4 is 10.1 Å². The van der Waals surface area contributed by atoms with E-state index in [1.807, 2.05) is 6.07 Å². The molecule has 0 radical (unpaired) electrons. The maximum Gasteiger partial charge on any atom is 0.344 e. The van der Waals surface area contributed by atoms with Crippen molar-refractivity contribution >= 4 is 17.8 Å². The number of nitrogens with one attached hydrogen (secondary N) is 1. The van der Waals surface area contributed by atoms with E-state index in [1.165, 1.54) is 7.11 Å². The first-order valence-electron chi connectivity index (χ1n) is 7.86. The van der Waals surface area contributed by atoms with Crippen LogP contribution in [-0.4, -0.2) is 38.2 Å². The van der Waals surface area contributed by atoms with E-state index in [2.05, 4.69) is 10.1 Å². The van der Waals surface area contributed by atoms with Crippen molar-refractivity contribution in [3.8, 4) is 5.75 Å². The van der Waals surface area contributed by atoms with Crippen LogP contribution >= 0.6 is 0 Å². The molecule has 0 aliphatic heterocycles. The fraction of sp³-hybridized carbons (Fsp3) is 0.211. The molecule has 2 aromatic rings. The van der Waals surface area contributed by atoms with Crippen LogP contribution in [0.2, 0.25) is 0 Å². The van der Waals surface area contributed by atoms with Crippen molar-refractivity contribution in [2.24, 2.45) is 0 Å². The molecule has 2 aromatic carbocycles. The summed E-state index contributed by atoms with van der Waals surface area (Å²) in [7, 11) is 1.31. The van der Waals surface area contributed by atoms with Crippen molar-refractivity contribution in [1.29, 1.82) is 0 Å². The lowest BCUT2D eigenvalue weighted by Gasteiger charge is -2.08. The number of benzene rings is 2. The minimum Gasteiger partial charge on any atom is -0.482 e. The summed E-state index contributed by atoms with van der Waals surface area (Å²) in [5.41, 5.74) is 1.22. The number of carbonyl (C=O) groups excluding carboxylic acids is 3. The van der Waals surface area contributed by atoms with E-state index in [4.69, 9.17) is 9.47 Å². The van der Waals surface area contributed by atoms with Crippen molar-refractivity contribution in [1.82, 2.24) is 5.32 Å². The molecule has 136 valence electrons. The average Bonchev–Trinajstić information content (AvgIpc) is 2.69. The fourth-order valence-electron chi connectivity index (χ4n) is 1.97. The Balaban J connectivity index is 1.67. The summed E-state index contributed by atoms with van der Waals surface area (Å²) in [6.45, 7) is -0.415. The highest BCUT2D eigenvalue weighted by atomic mass is 16.6. The lowest BCUT2D eigenvalue weighted by Crippen LogP contribution is -2.29.